The van der Waals surface area contributed by atoms with Crippen LogP contribution in [0.15, 0.2) is 16.6 Å². The largest absolute Gasteiger partial charge is 0.390 e. The van der Waals surface area contributed by atoms with E-state index < -0.39 is 5.60 Å². The molecule has 0 bridgehead atoms. The van der Waals surface area contributed by atoms with E-state index in [0.717, 1.165) is 34.2 Å². The average molecular weight is 316 g/mol. The summed E-state index contributed by atoms with van der Waals surface area (Å²) in [6.45, 7) is 1.86. The lowest BCUT2D eigenvalue weighted by Gasteiger charge is -2.39. The van der Waals surface area contributed by atoms with Gasteiger partial charge in [0, 0.05) is 10.4 Å². The quantitative estimate of drug-likeness (QED) is 0.844. The number of aromatic amines is 1. The van der Waals surface area contributed by atoms with Crippen LogP contribution in [0.1, 0.15) is 31.5 Å². The molecule has 3 rings (SSSR count). The zero-order valence-corrected chi connectivity index (χ0v) is 11.6. The molecule has 17 heavy (non-hydrogen) atoms. The van der Waals surface area contributed by atoms with Gasteiger partial charge in [0.1, 0.15) is 11.3 Å². The third-order valence-electron chi connectivity index (χ3n) is 3.28. The van der Waals surface area contributed by atoms with E-state index in [9.17, 15) is 5.11 Å². The molecule has 1 aromatic heterocycles. The standard InChI is InChI=1S/C12H12BrClN2O/c1-12(17)4-6(5-12)11-15-9-3-7(13)2-8(14)10(9)16-11/h2-3,6,17H,4-5H2,1H3,(H,15,16). The van der Waals surface area contributed by atoms with E-state index in [-0.39, 0.29) is 0 Å². The summed E-state index contributed by atoms with van der Waals surface area (Å²) in [5, 5.41) is 10.4. The Hall–Kier alpha value is -0.580. The summed E-state index contributed by atoms with van der Waals surface area (Å²) in [7, 11) is 0. The molecule has 0 saturated heterocycles. The van der Waals surface area contributed by atoms with Crippen LogP contribution in [0.5, 0.6) is 0 Å². The van der Waals surface area contributed by atoms with Gasteiger partial charge in [-0.3, -0.25) is 0 Å². The Labute approximate surface area is 112 Å². The lowest BCUT2D eigenvalue weighted by molar-refractivity contribution is -0.0331. The lowest BCUT2D eigenvalue weighted by atomic mass is 9.72. The van der Waals surface area contributed by atoms with Crippen LogP contribution in [0.3, 0.4) is 0 Å². The molecular weight excluding hydrogens is 304 g/mol. The number of fused-ring (bicyclic) bond motifs is 1. The van der Waals surface area contributed by atoms with Gasteiger partial charge in [0.25, 0.3) is 0 Å². The first kappa shape index (κ1) is 11.5. The van der Waals surface area contributed by atoms with Crippen molar-refractivity contribution >= 4 is 38.6 Å². The number of H-pyrrole nitrogens is 1. The number of hydrogen-bond acceptors (Lipinski definition) is 2. The maximum Gasteiger partial charge on any atom is 0.110 e. The summed E-state index contributed by atoms with van der Waals surface area (Å²) in [4.78, 5) is 7.80. The van der Waals surface area contributed by atoms with Crippen molar-refractivity contribution in [2.24, 2.45) is 0 Å². The van der Waals surface area contributed by atoms with Gasteiger partial charge in [0.2, 0.25) is 0 Å². The van der Waals surface area contributed by atoms with Gasteiger partial charge >= 0.3 is 0 Å². The van der Waals surface area contributed by atoms with Crippen LogP contribution >= 0.6 is 27.5 Å². The fourth-order valence-corrected chi connectivity index (χ4v) is 3.30. The van der Waals surface area contributed by atoms with Crippen LogP contribution in [-0.4, -0.2) is 20.7 Å². The zero-order chi connectivity index (χ0) is 12.2. The molecule has 2 aromatic rings. The van der Waals surface area contributed by atoms with Crippen LogP contribution < -0.4 is 0 Å². The van der Waals surface area contributed by atoms with Crippen LogP contribution in [0, 0.1) is 0 Å². The molecule has 1 heterocycles. The summed E-state index contributed by atoms with van der Waals surface area (Å²) < 4.78 is 0.936. The van der Waals surface area contributed by atoms with Crippen LogP contribution in [0.4, 0.5) is 0 Å². The number of aliphatic hydroxyl groups is 1. The minimum Gasteiger partial charge on any atom is -0.390 e. The predicted octanol–water partition coefficient (Wildman–Crippen LogP) is 3.61. The van der Waals surface area contributed by atoms with Gasteiger partial charge in [0.05, 0.1) is 16.1 Å². The summed E-state index contributed by atoms with van der Waals surface area (Å²) >= 11 is 9.54. The van der Waals surface area contributed by atoms with Crippen molar-refractivity contribution in [3.05, 3.63) is 27.5 Å². The van der Waals surface area contributed by atoms with Crippen molar-refractivity contribution in [3.63, 3.8) is 0 Å². The maximum atomic E-state index is 9.74. The van der Waals surface area contributed by atoms with Gasteiger partial charge in [-0.2, -0.15) is 0 Å². The Morgan fingerprint density at radius 2 is 2.24 bits per heavy atom. The summed E-state index contributed by atoms with van der Waals surface area (Å²) in [5.41, 5.74) is 1.20. The molecule has 5 heteroatoms. The van der Waals surface area contributed by atoms with E-state index in [0.29, 0.717) is 10.9 Å². The average Bonchev–Trinajstić information content (AvgIpc) is 2.57. The molecule has 1 fully saturated rings. The third kappa shape index (κ3) is 1.98. The summed E-state index contributed by atoms with van der Waals surface area (Å²) in [6, 6.07) is 3.81. The Bertz CT molecular complexity index is 585. The van der Waals surface area contributed by atoms with E-state index in [2.05, 4.69) is 25.9 Å². The Morgan fingerprint density at radius 3 is 2.88 bits per heavy atom. The van der Waals surface area contributed by atoms with E-state index >= 15 is 0 Å². The summed E-state index contributed by atoms with van der Waals surface area (Å²) in [6.07, 6.45) is 1.51. The molecule has 1 aromatic carbocycles. The number of hydrogen-bond donors (Lipinski definition) is 2. The zero-order valence-electron chi connectivity index (χ0n) is 9.30. The molecule has 90 valence electrons. The summed E-state index contributed by atoms with van der Waals surface area (Å²) in [5.74, 6) is 1.23. The van der Waals surface area contributed by atoms with Crippen molar-refractivity contribution in [3.8, 4) is 0 Å². The molecular formula is C12H12BrClN2O. The normalized spacial score (nSPS) is 28.4. The number of imidazole rings is 1. The first-order chi connectivity index (χ1) is 7.94. The van der Waals surface area contributed by atoms with Gasteiger partial charge in [0.15, 0.2) is 0 Å². The molecule has 1 aliphatic carbocycles. The molecule has 2 N–H and O–H groups in total. The number of rotatable bonds is 1. The smallest absolute Gasteiger partial charge is 0.110 e. The minimum absolute atomic E-state index is 0.312. The number of nitrogens with zero attached hydrogens (tertiary/aromatic N) is 1. The topological polar surface area (TPSA) is 48.9 Å². The van der Waals surface area contributed by atoms with E-state index in [1.54, 1.807) is 0 Å². The third-order valence-corrected chi connectivity index (χ3v) is 4.03. The van der Waals surface area contributed by atoms with E-state index in [1.165, 1.54) is 0 Å². The van der Waals surface area contributed by atoms with Crippen molar-refractivity contribution in [2.75, 3.05) is 0 Å². The number of benzene rings is 1. The maximum absolute atomic E-state index is 9.74. The SMILES string of the molecule is CC1(O)CC(c2nc3c(Cl)cc(Br)cc3[nH]2)C1. The van der Waals surface area contributed by atoms with Crippen LogP contribution in [-0.2, 0) is 0 Å². The number of nitrogens with one attached hydrogen (secondary N) is 1. The molecule has 0 unspecified atom stereocenters. The second-order valence-electron chi connectivity index (χ2n) is 5.01. The highest BCUT2D eigenvalue weighted by atomic mass is 79.9. The van der Waals surface area contributed by atoms with Gasteiger partial charge in [-0.1, -0.05) is 27.5 Å². The van der Waals surface area contributed by atoms with Crippen molar-refractivity contribution in [1.82, 2.24) is 9.97 Å². The molecule has 0 spiro atoms. The van der Waals surface area contributed by atoms with E-state index in [1.807, 2.05) is 19.1 Å². The van der Waals surface area contributed by atoms with E-state index in [4.69, 9.17) is 11.6 Å². The van der Waals surface area contributed by atoms with Crippen molar-refractivity contribution in [2.45, 2.75) is 31.3 Å². The van der Waals surface area contributed by atoms with Gasteiger partial charge in [-0.05, 0) is 31.9 Å². The van der Waals surface area contributed by atoms with Crippen molar-refractivity contribution < 1.29 is 5.11 Å². The Morgan fingerprint density at radius 1 is 1.53 bits per heavy atom. The fourth-order valence-electron chi connectivity index (χ4n) is 2.45. The highest BCUT2D eigenvalue weighted by Crippen LogP contribution is 2.44. The van der Waals surface area contributed by atoms with Gasteiger partial charge in [-0.15, -0.1) is 0 Å². The molecule has 0 amide bonds. The molecule has 0 radical (unpaired) electrons. The molecule has 1 aliphatic rings. The predicted molar refractivity (Wildman–Crippen MR) is 71.4 cm³/mol. The van der Waals surface area contributed by atoms with Gasteiger partial charge < -0.3 is 10.1 Å². The monoisotopic (exact) mass is 314 g/mol. The second-order valence-corrected chi connectivity index (χ2v) is 6.33. The molecule has 3 nitrogen and oxygen atoms in total. The van der Waals surface area contributed by atoms with Crippen molar-refractivity contribution in [1.29, 1.82) is 0 Å². The van der Waals surface area contributed by atoms with Crippen LogP contribution in [0.2, 0.25) is 5.02 Å². The molecule has 0 aliphatic heterocycles. The molecule has 0 atom stereocenters. The first-order valence-corrected chi connectivity index (χ1v) is 6.69. The number of halogens is 2. The second kappa shape index (κ2) is 3.70. The highest BCUT2D eigenvalue weighted by molar-refractivity contribution is 9.10. The van der Waals surface area contributed by atoms with Gasteiger partial charge in [-0.25, -0.2) is 4.98 Å². The minimum atomic E-state index is -0.534. The fraction of sp³-hybridized carbons (Fsp3) is 0.417. The Kier molecular flexibility index (Phi) is 2.51. The first-order valence-electron chi connectivity index (χ1n) is 5.52. The lowest BCUT2D eigenvalue weighted by Crippen LogP contribution is -2.39. The molecule has 1 saturated carbocycles. The number of aromatic nitrogens is 2. The van der Waals surface area contributed by atoms with Crippen LogP contribution in [0.25, 0.3) is 11.0 Å². The Balaban J connectivity index is 2.00. The highest BCUT2D eigenvalue weighted by Gasteiger charge is 2.40.